The Balaban J connectivity index is 2.73. The fraction of sp³-hybridized carbons (Fsp3) is 0.522. The van der Waals surface area contributed by atoms with Gasteiger partial charge in [-0.15, -0.1) is 0 Å². The second-order valence-electron chi connectivity index (χ2n) is 8.17. The highest BCUT2D eigenvalue weighted by Crippen LogP contribution is 2.24. The van der Waals surface area contributed by atoms with E-state index in [2.05, 4.69) is 24.5 Å². The molecule has 1 aromatic rings. The zero-order valence-electron chi connectivity index (χ0n) is 19.5. The minimum absolute atomic E-state index is 0.0257. The maximum atomic E-state index is 12.7. The topological polar surface area (TPSA) is 130 Å². The summed E-state index contributed by atoms with van der Waals surface area (Å²) in [4.78, 5) is 59.2. The van der Waals surface area contributed by atoms with Crippen LogP contribution in [-0.2, 0) is 30.4 Å². The highest BCUT2D eigenvalue weighted by atomic mass is 32.2. The molecule has 182 valence electrons. The van der Waals surface area contributed by atoms with Crippen LogP contribution >= 0.6 is 23.5 Å². The van der Waals surface area contributed by atoms with E-state index in [1.54, 1.807) is 6.92 Å². The first-order valence-corrected chi connectivity index (χ1v) is 12.6. The summed E-state index contributed by atoms with van der Waals surface area (Å²) in [5, 5.41) is 13.3. The number of carbonyl (C=O) groups excluding carboxylic acids is 4. The number of amides is 2. The second-order valence-corrected chi connectivity index (χ2v) is 10.2. The molecule has 3 N–H and O–H groups in total. The molecule has 0 spiro atoms. The summed E-state index contributed by atoms with van der Waals surface area (Å²) >= 11 is 1.64. The van der Waals surface area contributed by atoms with Gasteiger partial charge in [-0.05, 0) is 23.5 Å². The maximum Gasteiger partial charge on any atom is 0.327 e. The highest BCUT2D eigenvalue weighted by Gasteiger charge is 2.26. The van der Waals surface area contributed by atoms with Crippen molar-refractivity contribution in [2.45, 2.75) is 59.0 Å². The van der Waals surface area contributed by atoms with Crippen LogP contribution in [0.2, 0.25) is 0 Å². The lowest BCUT2D eigenvalue weighted by atomic mass is 9.97. The Morgan fingerprint density at radius 3 is 1.79 bits per heavy atom. The summed E-state index contributed by atoms with van der Waals surface area (Å²) in [5.41, 5.74) is 2.07. The van der Waals surface area contributed by atoms with Gasteiger partial charge in [-0.3, -0.25) is 19.2 Å². The monoisotopic (exact) mass is 496 g/mol. The Kier molecular flexibility index (Phi) is 12.2. The third-order valence-electron chi connectivity index (χ3n) is 4.60. The van der Waals surface area contributed by atoms with Gasteiger partial charge in [0.1, 0.15) is 12.1 Å². The quantitative estimate of drug-likeness (QED) is 0.403. The van der Waals surface area contributed by atoms with Gasteiger partial charge in [-0.1, -0.05) is 68.6 Å². The normalized spacial score (nSPS) is 13.6. The average molecular weight is 497 g/mol. The Morgan fingerprint density at radius 1 is 0.818 bits per heavy atom. The molecule has 0 aliphatic carbocycles. The lowest BCUT2D eigenvalue weighted by Gasteiger charge is -2.18. The Hall–Kier alpha value is -2.33. The molecular weight excluding hydrogens is 464 g/mol. The first-order valence-electron chi connectivity index (χ1n) is 10.6. The summed E-state index contributed by atoms with van der Waals surface area (Å²) < 4.78 is 0. The van der Waals surface area contributed by atoms with Gasteiger partial charge in [-0.2, -0.15) is 0 Å². The molecule has 0 saturated carbocycles. The van der Waals surface area contributed by atoms with E-state index in [4.69, 9.17) is 5.11 Å². The van der Waals surface area contributed by atoms with E-state index in [1.807, 2.05) is 24.3 Å². The number of benzene rings is 1. The van der Waals surface area contributed by atoms with Crippen LogP contribution in [-0.4, -0.2) is 56.7 Å². The van der Waals surface area contributed by atoms with Gasteiger partial charge in [-0.25, -0.2) is 4.79 Å². The Morgan fingerprint density at radius 2 is 1.30 bits per heavy atom. The molecule has 1 rings (SSSR count). The molecule has 2 amide bonds. The van der Waals surface area contributed by atoms with Gasteiger partial charge in [0.05, 0.1) is 5.92 Å². The highest BCUT2D eigenvalue weighted by molar-refractivity contribution is 8.15. The third-order valence-corrected chi connectivity index (χ3v) is 6.81. The first kappa shape index (κ1) is 28.7. The van der Waals surface area contributed by atoms with Gasteiger partial charge in [0.2, 0.25) is 16.9 Å². The summed E-state index contributed by atoms with van der Waals surface area (Å²) in [7, 11) is 0. The summed E-state index contributed by atoms with van der Waals surface area (Å²) in [6.45, 7) is 8.52. The number of hydrogen-bond donors (Lipinski definition) is 3. The molecule has 0 heterocycles. The van der Waals surface area contributed by atoms with Crippen molar-refractivity contribution >= 4 is 51.5 Å². The zero-order chi connectivity index (χ0) is 25.1. The van der Waals surface area contributed by atoms with Crippen LogP contribution in [0, 0.1) is 5.92 Å². The molecule has 0 fully saturated rings. The molecule has 0 radical (unpaired) electrons. The predicted octanol–water partition coefficient (Wildman–Crippen LogP) is 2.60. The standard InChI is InChI=1S/C23H32N2O6S2/c1-13(2)10-17-6-8-18(9-7-17)14(3)22(30)32-12-20(25-16(5)27)23(31)33-11-19(21(28)29)24-15(4)26/h6-9,13-14,19-20H,10-12H2,1-5H3,(H,24,26)(H,25,27)(H,28,29). The Bertz CT molecular complexity index is 857. The SMILES string of the molecule is CC(=O)NC(CSC(=O)C(CSC(=O)C(C)c1ccc(CC(C)C)cc1)NC(C)=O)C(=O)O. The third kappa shape index (κ3) is 10.9. The van der Waals surface area contributed by atoms with Crippen molar-refractivity contribution in [1.29, 1.82) is 0 Å². The molecule has 0 aliphatic heterocycles. The lowest BCUT2D eigenvalue weighted by molar-refractivity contribution is -0.140. The number of hydrogen-bond acceptors (Lipinski definition) is 7. The molecular formula is C23H32N2O6S2. The van der Waals surface area contributed by atoms with Crippen molar-refractivity contribution in [1.82, 2.24) is 10.6 Å². The fourth-order valence-corrected chi connectivity index (χ4v) is 4.90. The van der Waals surface area contributed by atoms with Crippen molar-refractivity contribution in [2.75, 3.05) is 11.5 Å². The van der Waals surface area contributed by atoms with Crippen molar-refractivity contribution in [3.05, 3.63) is 35.4 Å². The van der Waals surface area contributed by atoms with Crippen LogP contribution in [0.1, 0.15) is 51.7 Å². The van der Waals surface area contributed by atoms with Crippen molar-refractivity contribution in [3.8, 4) is 0 Å². The lowest BCUT2D eigenvalue weighted by Crippen LogP contribution is -2.44. The summed E-state index contributed by atoms with van der Waals surface area (Å²) in [6, 6.07) is 5.69. The number of carbonyl (C=O) groups is 5. The van der Waals surface area contributed by atoms with Crippen LogP contribution < -0.4 is 10.6 Å². The van der Waals surface area contributed by atoms with Crippen molar-refractivity contribution < 1.29 is 29.1 Å². The predicted molar refractivity (Wildman–Crippen MR) is 131 cm³/mol. The van der Waals surface area contributed by atoms with Crippen LogP contribution in [0.4, 0.5) is 0 Å². The largest absolute Gasteiger partial charge is 0.480 e. The molecule has 3 unspecified atom stereocenters. The second kappa shape index (κ2) is 14.0. The fourth-order valence-electron chi connectivity index (χ4n) is 2.94. The molecule has 8 nitrogen and oxygen atoms in total. The zero-order valence-corrected chi connectivity index (χ0v) is 21.2. The van der Waals surface area contributed by atoms with E-state index in [1.165, 1.54) is 19.4 Å². The van der Waals surface area contributed by atoms with Gasteiger partial charge in [0.15, 0.2) is 5.12 Å². The molecule has 10 heteroatoms. The van der Waals surface area contributed by atoms with E-state index in [-0.39, 0.29) is 22.5 Å². The number of carboxylic acids is 1. The smallest absolute Gasteiger partial charge is 0.327 e. The minimum Gasteiger partial charge on any atom is -0.480 e. The summed E-state index contributed by atoms with van der Waals surface area (Å²) in [6.07, 6.45) is 0.959. The molecule has 1 aromatic carbocycles. The molecule has 0 aliphatic rings. The van der Waals surface area contributed by atoms with Gasteiger partial charge in [0, 0.05) is 25.4 Å². The molecule has 0 saturated heterocycles. The van der Waals surface area contributed by atoms with E-state index in [0.717, 1.165) is 23.7 Å². The Labute approximate surface area is 203 Å². The van der Waals surface area contributed by atoms with Crippen LogP contribution in [0.25, 0.3) is 0 Å². The van der Waals surface area contributed by atoms with E-state index >= 15 is 0 Å². The number of nitrogens with one attached hydrogen (secondary N) is 2. The minimum atomic E-state index is -1.26. The molecule has 33 heavy (non-hydrogen) atoms. The van der Waals surface area contributed by atoms with Crippen molar-refractivity contribution in [2.24, 2.45) is 5.92 Å². The van der Waals surface area contributed by atoms with Gasteiger partial charge >= 0.3 is 5.97 Å². The van der Waals surface area contributed by atoms with E-state index in [9.17, 15) is 24.0 Å². The number of aliphatic carboxylic acids is 1. The molecule has 0 bridgehead atoms. The first-order chi connectivity index (χ1) is 15.4. The van der Waals surface area contributed by atoms with Crippen LogP contribution in [0.5, 0.6) is 0 Å². The van der Waals surface area contributed by atoms with E-state index in [0.29, 0.717) is 17.7 Å². The average Bonchev–Trinajstić information content (AvgIpc) is 2.72. The molecule has 3 atom stereocenters. The van der Waals surface area contributed by atoms with Gasteiger partial charge in [0.25, 0.3) is 0 Å². The number of thioether (sulfide) groups is 2. The van der Waals surface area contributed by atoms with E-state index < -0.39 is 35.0 Å². The maximum absolute atomic E-state index is 12.7. The number of rotatable bonds is 12. The van der Waals surface area contributed by atoms with Crippen molar-refractivity contribution in [3.63, 3.8) is 0 Å². The van der Waals surface area contributed by atoms with Crippen LogP contribution in [0.15, 0.2) is 24.3 Å². The number of carboxylic acid groups (broad SMARTS) is 1. The van der Waals surface area contributed by atoms with Gasteiger partial charge < -0.3 is 15.7 Å². The molecule has 0 aromatic heterocycles. The summed E-state index contributed by atoms with van der Waals surface area (Å²) in [5.74, 6) is -2.25. The van der Waals surface area contributed by atoms with Crippen LogP contribution in [0.3, 0.4) is 0 Å².